The maximum atomic E-state index is 15.1. The molecule has 1 fully saturated rings. The molecule has 11 heteroatoms. The number of morpholine rings is 1. The highest BCUT2D eigenvalue weighted by molar-refractivity contribution is 6.35. The van der Waals surface area contributed by atoms with Gasteiger partial charge in [-0.3, -0.25) is 9.59 Å². The van der Waals surface area contributed by atoms with E-state index in [9.17, 15) is 14.0 Å². The number of fused-ring (bicyclic) bond motifs is 2. The van der Waals surface area contributed by atoms with Crippen LogP contribution in [-0.4, -0.2) is 73.3 Å². The Kier molecular flexibility index (Phi) is 7.89. The van der Waals surface area contributed by atoms with Gasteiger partial charge >= 0.3 is 0 Å². The van der Waals surface area contributed by atoms with E-state index in [0.717, 1.165) is 32.1 Å². The average molecular weight is 539 g/mol. The van der Waals surface area contributed by atoms with Crippen LogP contribution >= 0.6 is 0 Å². The highest BCUT2D eigenvalue weighted by Gasteiger charge is 2.28. The zero-order valence-corrected chi connectivity index (χ0v) is 22.1. The van der Waals surface area contributed by atoms with Crippen LogP contribution < -0.4 is 21.1 Å². The fourth-order valence-corrected chi connectivity index (χ4v) is 4.97. The third-order valence-corrected chi connectivity index (χ3v) is 7.18. The van der Waals surface area contributed by atoms with Gasteiger partial charge in [0.05, 0.1) is 46.8 Å². The first-order chi connectivity index (χ1) is 18.9. The van der Waals surface area contributed by atoms with Crippen molar-refractivity contribution < 1.29 is 18.3 Å². The van der Waals surface area contributed by atoms with Gasteiger partial charge in [-0.2, -0.15) is 0 Å². The Bertz CT molecular complexity index is 1480. The minimum atomic E-state index is -0.542. The van der Waals surface area contributed by atoms with Crippen molar-refractivity contribution in [1.29, 1.82) is 0 Å². The third kappa shape index (κ3) is 5.64. The van der Waals surface area contributed by atoms with E-state index >= 15 is 4.39 Å². The lowest BCUT2D eigenvalue weighted by molar-refractivity contribution is -0.110. The van der Waals surface area contributed by atoms with Crippen molar-refractivity contribution in [2.24, 2.45) is 0 Å². The number of H-pyrrole nitrogens is 1. The van der Waals surface area contributed by atoms with E-state index in [4.69, 9.17) is 4.74 Å². The van der Waals surface area contributed by atoms with Crippen molar-refractivity contribution in [3.63, 3.8) is 0 Å². The van der Waals surface area contributed by atoms with Crippen LogP contribution in [-0.2, 0) is 9.53 Å². The van der Waals surface area contributed by atoms with Crippen LogP contribution in [0, 0.1) is 11.6 Å². The highest BCUT2D eigenvalue weighted by Crippen LogP contribution is 2.37. The number of ether oxygens (including phenoxy) is 1. The molecule has 0 atom stereocenters. The first kappa shape index (κ1) is 26.8. The maximum Gasteiger partial charge on any atom is 0.259 e. The summed E-state index contributed by atoms with van der Waals surface area (Å²) in [5.74, 6) is -1.31. The maximum absolute atomic E-state index is 15.1. The van der Waals surface area contributed by atoms with E-state index in [2.05, 4.69) is 39.3 Å². The molecule has 3 N–H and O–H groups in total. The summed E-state index contributed by atoms with van der Waals surface area (Å²) < 4.78 is 35.1. The summed E-state index contributed by atoms with van der Waals surface area (Å²) in [5.41, 5.74) is 1.44. The molecule has 3 heterocycles. The molecule has 0 bridgehead atoms. The normalized spacial score (nSPS) is 16.3. The SMILES string of the molecule is CCN(CC)CCCNc1cc2nc(/C=C3\C(=O)Nc4cc(N5CCOCC5)c(F)cc43)[nH]c(=O)c2cc1F. The van der Waals surface area contributed by atoms with Gasteiger partial charge in [0, 0.05) is 25.2 Å². The third-order valence-electron chi connectivity index (χ3n) is 7.18. The second kappa shape index (κ2) is 11.5. The van der Waals surface area contributed by atoms with Gasteiger partial charge in [-0.25, -0.2) is 13.8 Å². The van der Waals surface area contributed by atoms with E-state index in [1.807, 2.05) is 4.90 Å². The molecule has 9 nitrogen and oxygen atoms in total. The van der Waals surface area contributed by atoms with Crippen LogP contribution in [0.1, 0.15) is 31.7 Å². The zero-order chi connectivity index (χ0) is 27.5. The minimum Gasteiger partial charge on any atom is -0.383 e. The predicted octanol–water partition coefficient (Wildman–Crippen LogP) is 3.67. The molecule has 0 spiro atoms. The minimum absolute atomic E-state index is 0.0980. The van der Waals surface area contributed by atoms with E-state index in [1.165, 1.54) is 18.2 Å². The highest BCUT2D eigenvalue weighted by atomic mass is 19.1. The molecule has 39 heavy (non-hydrogen) atoms. The van der Waals surface area contributed by atoms with Crippen LogP contribution in [0.15, 0.2) is 29.1 Å². The average Bonchev–Trinajstić information content (AvgIpc) is 3.23. The number of anilines is 3. The number of hydrogen-bond donors (Lipinski definition) is 3. The first-order valence-electron chi connectivity index (χ1n) is 13.3. The molecule has 0 saturated carbocycles. The fourth-order valence-electron chi connectivity index (χ4n) is 4.97. The second-order valence-corrected chi connectivity index (χ2v) is 9.57. The summed E-state index contributed by atoms with van der Waals surface area (Å²) in [4.78, 5) is 36.8. The van der Waals surface area contributed by atoms with Crippen molar-refractivity contribution in [2.45, 2.75) is 20.3 Å². The van der Waals surface area contributed by atoms with Gasteiger partial charge in [0.25, 0.3) is 11.5 Å². The largest absolute Gasteiger partial charge is 0.383 e. The number of nitrogens with zero attached hydrogens (tertiary/aromatic N) is 3. The van der Waals surface area contributed by atoms with Crippen molar-refractivity contribution in [2.75, 3.05) is 68.0 Å². The van der Waals surface area contributed by atoms with Gasteiger partial charge in [0.2, 0.25) is 0 Å². The molecule has 0 radical (unpaired) electrons. The molecule has 1 amide bonds. The smallest absolute Gasteiger partial charge is 0.259 e. The Hall–Kier alpha value is -3.83. The fraction of sp³-hybridized carbons (Fsp3) is 0.393. The Morgan fingerprint density at radius 3 is 2.62 bits per heavy atom. The standard InChI is InChI=1S/C28H32F2N6O3/c1-3-35(4-2)7-5-6-31-24-15-22-19(13-20(24)29)28(38)34-26(32-22)14-18-17-12-21(30)25(16-23(17)33-27(18)37)36-8-10-39-11-9-36/h12-16,31H,3-11H2,1-2H3,(H,33,37)(H,32,34,38)/b18-14-. The van der Waals surface area contributed by atoms with E-state index in [1.54, 1.807) is 6.07 Å². The van der Waals surface area contributed by atoms with Crippen LogP contribution in [0.3, 0.4) is 0 Å². The number of nitrogens with one attached hydrogen (secondary N) is 3. The van der Waals surface area contributed by atoms with Gasteiger partial charge < -0.3 is 30.2 Å². The quantitative estimate of drug-likeness (QED) is 0.282. The first-order valence-corrected chi connectivity index (χ1v) is 13.3. The van der Waals surface area contributed by atoms with Gasteiger partial charge in [0.1, 0.15) is 17.5 Å². The molecule has 2 aromatic carbocycles. The second-order valence-electron chi connectivity index (χ2n) is 9.57. The van der Waals surface area contributed by atoms with Crippen molar-refractivity contribution in [3.05, 3.63) is 57.6 Å². The molecular formula is C28H32F2N6O3. The monoisotopic (exact) mass is 538 g/mol. The lowest BCUT2D eigenvalue weighted by Crippen LogP contribution is -2.36. The lowest BCUT2D eigenvalue weighted by atomic mass is 10.0. The molecule has 5 rings (SSSR count). The number of rotatable bonds is 9. The van der Waals surface area contributed by atoms with Crippen LogP contribution in [0.5, 0.6) is 0 Å². The molecule has 2 aliphatic rings. The van der Waals surface area contributed by atoms with Crippen LogP contribution in [0.2, 0.25) is 0 Å². The summed E-state index contributed by atoms with van der Waals surface area (Å²) in [6, 6.07) is 5.59. The topological polar surface area (TPSA) is 103 Å². The molecular weight excluding hydrogens is 506 g/mol. The molecule has 2 aliphatic heterocycles. The number of aromatic nitrogens is 2. The number of amides is 1. The van der Waals surface area contributed by atoms with Crippen LogP contribution in [0.25, 0.3) is 22.6 Å². The summed E-state index contributed by atoms with van der Waals surface area (Å²) >= 11 is 0. The van der Waals surface area contributed by atoms with Crippen LogP contribution in [0.4, 0.5) is 25.8 Å². The molecule has 0 aliphatic carbocycles. The van der Waals surface area contributed by atoms with Crippen molar-refractivity contribution in [3.8, 4) is 0 Å². The van der Waals surface area contributed by atoms with Gasteiger partial charge in [-0.15, -0.1) is 0 Å². The van der Waals surface area contributed by atoms with Gasteiger partial charge in [0.15, 0.2) is 0 Å². The van der Waals surface area contributed by atoms with Crippen molar-refractivity contribution in [1.82, 2.24) is 14.9 Å². The summed E-state index contributed by atoms with van der Waals surface area (Å²) in [7, 11) is 0. The molecule has 206 valence electrons. The number of hydrogen-bond acceptors (Lipinski definition) is 7. The summed E-state index contributed by atoms with van der Waals surface area (Å²) in [6.45, 7) is 9.69. The lowest BCUT2D eigenvalue weighted by Gasteiger charge is -2.29. The zero-order valence-electron chi connectivity index (χ0n) is 22.1. The number of benzene rings is 2. The molecule has 1 saturated heterocycles. The summed E-state index contributed by atoms with van der Waals surface area (Å²) in [5, 5.41) is 5.96. The predicted molar refractivity (Wildman–Crippen MR) is 149 cm³/mol. The number of halogens is 2. The van der Waals surface area contributed by atoms with E-state index < -0.39 is 23.1 Å². The summed E-state index contributed by atoms with van der Waals surface area (Å²) in [6.07, 6.45) is 2.24. The van der Waals surface area contributed by atoms with E-state index in [0.29, 0.717) is 49.8 Å². The Labute approximate surface area is 224 Å². The molecule has 1 aromatic heterocycles. The Morgan fingerprint density at radius 2 is 1.87 bits per heavy atom. The Balaban J connectivity index is 1.42. The number of aromatic amines is 1. The number of carbonyl (C=O) groups excluding carboxylic acids is 1. The van der Waals surface area contributed by atoms with Gasteiger partial charge in [-0.1, -0.05) is 13.8 Å². The Morgan fingerprint density at radius 1 is 1.10 bits per heavy atom. The molecule has 0 unspecified atom stereocenters. The van der Waals surface area contributed by atoms with Gasteiger partial charge in [-0.05, 0) is 56.4 Å². The number of carbonyl (C=O) groups is 1. The molecule has 3 aromatic rings. The van der Waals surface area contributed by atoms with Crippen molar-refractivity contribution >= 4 is 45.5 Å². The van der Waals surface area contributed by atoms with E-state index in [-0.39, 0.29) is 28.0 Å².